The second kappa shape index (κ2) is 8.05. The quantitative estimate of drug-likeness (QED) is 0.438. The Hall–Kier alpha value is -4.20. The number of para-hydroxylation sites is 1. The molecule has 0 saturated carbocycles. The molecule has 0 atom stereocenters. The fourth-order valence-electron chi connectivity index (χ4n) is 4.04. The number of hydrogen-bond acceptors (Lipinski definition) is 6. The third kappa shape index (κ3) is 3.49. The Kier molecular flexibility index (Phi) is 5.05. The number of furan rings is 1. The lowest BCUT2D eigenvalue weighted by Crippen LogP contribution is -2.17. The number of aromatic nitrogens is 1. The maximum atomic E-state index is 13.3. The first kappa shape index (κ1) is 20.7. The third-order valence-corrected chi connectivity index (χ3v) is 5.62. The van der Waals surface area contributed by atoms with Gasteiger partial charge >= 0.3 is 5.97 Å². The van der Waals surface area contributed by atoms with Crippen LogP contribution < -0.4 is 14.8 Å². The molecule has 1 aliphatic heterocycles. The molecule has 1 aliphatic rings. The number of amides is 1. The van der Waals surface area contributed by atoms with Gasteiger partial charge in [0.2, 0.25) is 6.79 Å². The topological polar surface area (TPSA) is 91.9 Å². The van der Waals surface area contributed by atoms with E-state index in [1.54, 1.807) is 30.8 Å². The molecule has 2 aromatic heterocycles. The lowest BCUT2D eigenvalue weighted by molar-refractivity contribution is 0.0516. The van der Waals surface area contributed by atoms with E-state index in [0.29, 0.717) is 28.3 Å². The maximum absolute atomic E-state index is 13.3. The summed E-state index contributed by atoms with van der Waals surface area (Å²) in [6.07, 6.45) is 1.77. The van der Waals surface area contributed by atoms with Gasteiger partial charge in [-0.15, -0.1) is 0 Å². The highest BCUT2D eigenvalue weighted by molar-refractivity contribution is 6.11. The first-order valence-electron chi connectivity index (χ1n) is 10.5. The lowest BCUT2D eigenvalue weighted by atomic mass is 10.1. The summed E-state index contributed by atoms with van der Waals surface area (Å²) in [5.74, 6) is 0.431. The molecule has 168 valence electrons. The van der Waals surface area contributed by atoms with Crippen LogP contribution in [0.5, 0.6) is 11.5 Å². The van der Waals surface area contributed by atoms with Gasteiger partial charge in [-0.3, -0.25) is 4.79 Å². The Morgan fingerprint density at radius 1 is 1.12 bits per heavy atom. The standard InChI is InChI=1S/C25H22N2O6/c1-4-30-25(29)22-21(26-24(28)23-14(2)16-7-5-6-8-18(16)33-23)17(12-27(22)3)15-9-10-19-20(11-15)32-13-31-19/h5-12H,4,13H2,1-3H3,(H,26,28). The number of aryl methyl sites for hydroxylation is 2. The molecule has 8 heteroatoms. The van der Waals surface area contributed by atoms with Gasteiger partial charge in [0.05, 0.1) is 12.3 Å². The number of carbonyl (C=O) groups excluding carboxylic acids is 2. The summed E-state index contributed by atoms with van der Waals surface area (Å²) < 4.78 is 23.6. The minimum absolute atomic E-state index is 0.149. The minimum Gasteiger partial charge on any atom is -0.461 e. The third-order valence-electron chi connectivity index (χ3n) is 5.62. The Morgan fingerprint density at radius 2 is 1.91 bits per heavy atom. The zero-order valence-corrected chi connectivity index (χ0v) is 18.4. The van der Waals surface area contributed by atoms with E-state index in [4.69, 9.17) is 18.6 Å². The van der Waals surface area contributed by atoms with Gasteiger partial charge in [0.25, 0.3) is 5.91 Å². The maximum Gasteiger partial charge on any atom is 0.357 e. The zero-order valence-electron chi connectivity index (χ0n) is 18.4. The highest BCUT2D eigenvalue weighted by Gasteiger charge is 2.27. The molecule has 2 aromatic carbocycles. The van der Waals surface area contributed by atoms with E-state index in [9.17, 15) is 9.59 Å². The summed E-state index contributed by atoms with van der Waals surface area (Å²) in [5, 5.41) is 3.76. The SMILES string of the molecule is CCOC(=O)c1c(NC(=O)c2oc3ccccc3c2C)c(-c2ccc3c(c2)OCO3)cn1C. The van der Waals surface area contributed by atoms with E-state index in [2.05, 4.69) is 5.32 Å². The molecule has 0 bridgehead atoms. The summed E-state index contributed by atoms with van der Waals surface area (Å²) in [5.41, 5.74) is 3.30. The molecule has 0 fully saturated rings. The van der Waals surface area contributed by atoms with Crippen LogP contribution in [-0.4, -0.2) is 29.8 Å². The van der Waals surface area contributed by atoms with Gasteiger partial charge in [-0.2, -0.15) is 0 Å². The van der Waals surface area contributed by atoms with E-state index < -0.39 is 11.9 Å². The first-order chi connectivity index (χ1) is 16.0. The van der Waals surface area contributed by atoms with Crippen molar-refractivity contribution in [1.29, 1.82) is 0 Å². The molecule has 1 amide bonds. The average Bonchev–Trinajstić information content (AvgIpc) is 3.49. The van der Waals surface area contributed by atoms with E-state index in [1.165, 1.54) is 0 Å². The van der Waals surface area contributed by atoms with Crippen molar-refractivity contribution >= 4 is 28.5 Å². The number of anilines is 1. The van der Waals surface area contributed by atoms with Gasteiger partial charge in [0.15, 0.2) is 23.0 Å². The Labute approximate surface area is 189 Å². The molecule has 0 saturated heterocycles. The predicted molar refractivity (Wildman–Crippen MR) is 122 cm³/mol. The fourth-order valence-corrected chi connectivity index (χ4v) is 4.04. The first-order valence-corrected chi connectivity index (χ1v) is 10.5. The van der Waals surface area contributed by atoms with Gasteiger partial charge in [0.1, 0.15) is 5.58 Å². The Bertz CT molecular complexity index is 1400. The number of hydrogen-bond donors (Lipinski definition) is 1. The van der Waals surface area contributed by atoms with Gasteiger partial charge in [-0.1, -0.05) is 24.3 Å². The van der Waals surface area contributed by atoms with Crippen LogP contribution in [0.2, 0.25) is 0 Å². The Balaban J connectivity index is 1.60. The largest absolute Gasteiger partial charge is 0.461 e. The minimum atomic E-state index is -0.538. The van der Waals surface area contributed by atoms with Crippen LogP contribution in [0.1, 0.15) is 33.5 Å². The Morgan fingerprint density at radius 3 is 2.70 bits per heavy atom. The number of benzene rings is 2. The van der Waals surface area contributed by atoms with E-state index in [0.717, 1.165) is 16.5 Å². The van der Waals surface area contributed by atoms with Gasteiger partial charge in [-0.25, -0.2) is 4.79 Å². The van der Waals surface area contributed by atoms with Gasteiger partial charge in [-0.05, 0) is 37.6 Å². The van der Waals surface area contributed by atoms with Crippen LogP contribution in [0.3, 0.4) is 0 Å². The molecular weight excluding hydrogens is 424 g/mol. The average molecular weight is 446 g/mol. The van der Waals surface area contributed by atoms with Crippen LogP contribution in [0, 0.1) is 6.92 Å². The van der Waals surface area contributed by atoms with Crippen LogP contribution in [0.15, 0.2) is 53.1 Å². The van der Waals surface area contributed by atoms with Crippen molar-refractivity contribution in [2.45, 2.75) is 13.8 Å². The van der Waals surface area contributed by atoms with Crippen molar-refractivity contribution in [2.24, 2.45) is 7.05 Å². The van der Waals surface area contributed by atoms with E-state index in [1.807, 2.05) is 43.3 Å². The number of nitrogens with zero attached hydrogens (tertiary/aromatic N) is 1. The van der Waals surface area contributed by atoms with Crippen molar-refractivity contribution in [3.05, 3.63) is 65.7 Å². The second-order valence-electron chi connectivity index (χ2n) is 7.67. The van der Waals surface area contributed by atoms with Crippen LogP contribution in [0.25, 0.3) is 22.1 Å². The zero-order chi connectivity index (χ0) is 23.1. The molecule has 33 heavy (non-hydrogen) atoms. The van der Waals surface area contributed by atoms with Crippen molar-refractivity contribution in [3.8, 4) is 22.6 Å². The molecule has 5 rings (SSSR count). The van der Waals surface area contributed by atoms with Crippen molar-refractivity contribution in [2.75, 3.05) is 18.7 Å². The molecule has 1 N–H and O–H groups in total. The van der Waals surface area contributed by atoms with Crippen molar-refractivity contribution < 1.29 is 28.2 Å². The van der Waals surface area contributed by atoms with Crippen LogP contribution in [0.4, 0.5) is 5.69 Å². The summed E-state index contributed by atoms with van der Waals surface area (Å²) in [4.78, 5) is 26.1. The predicted octanol–water partition coefficient (Wildman–Crippen LogP) is 4.90. The number of rotatable bonds is 5. The summed E-state index contributed by atoms with van der Waals surface area (Å²) >= 11 is 0. The van der Waals surface area contributed by atoms with E-state index >= 15 is 0 Å². The molecule has 0 aliphatic carbocycles. The summed E-state index contributed by atoms with van der Waals surface area (Å²) in [7, 11) is 1.73. The molecule has 4 aromatic rings. The highest BCUT2D eigenvalue weighted by atomic mass is 16.7. The summed E-state index contributed by atoms with van der Waals surface area (Å²) in [6.45, 7) is 3.92. The number of nitrogens with one attached hydrogen (secondary N) is 1. The number of ether oxygens (including phenoxy) is 3. The fraction of sp³-hybridized carbons (Fsp3) is 0.200. The summed E-state index contributed by atoms with van der Waals surface area (Å²) in [6, 6.07) is 12.9. The molecule has 0 unspecified atom stereocenters. The van der Waals surface area contributed by atoms with E-state index in [-0.39, 0.29) is 24.9 Å². The number of fused-ring (bicyclic) bond motifs is 2. The molecule has 0 radical (unpaired) electrons. The van der Waals surface area contributed by atoms with Crippen LogP contribution >= 0.6 is 0 Å². The molecule has 8 nitrogen and oxygen atoms in total. The molecular formula is C25H22N2O6. The molecule has 3 heterocycles. The van der Waals surface area contributed by atoms with Gasteiger partial charge < -0.3 is 28.5 Å². The second-order valence-corrected chi connectivity index (χ2v) is 7.67. The smallest absolute Gasteiger partial charge is 0.357 e. The highest BCUT2D eigenvalue weighted by Crippen LogP contribution is 2.40. The normalized spacial score (nSPS) is 12.2. The number of carbonyl (C=O) groups is 2. The number of esters is 1. The molecule has 0 spiro atoms. The monoisotopic (exact) mass is 446 g/mol. The van der Waals surface area contributed by atoms with Gasteiger partial charge in [0, 0.05) is 29.8 Å². The van der Waals surface area contributed by atoms with Crippen molar-refractivity contribution in [3.63, 3.8) is 0 Å². The lowest BCUT2D eigenvalue weighted by Gasteiger charge is -2.10. The van der Waals surface area contributed by atoms with Crippen LogP contribution in [-0.2, 0) is 11.8 Å². The van der Waals surface area contributed by atoms with Crippen molar-refractivity contribution in [1.82, 2.24) is 4.57 Å².